The van der Waals surface area contributed by atoms with Crippen molar-refractivity contribution in [3.8, 4) is 0 Å². The van der Waals surface area contributed by atoms with Crippen LogP contribution in [0.15, 0.2) is 54.6 Å². The predicted molar refractivity (Wildman–Crippen MR) is 406 cm³/mol. The normalized spacial score (nSPS) is 18.0. The molecule has 6 amide bonds. The van der Waals surface area contributed by atoms with Crippen LogP contribution in [0.3, 0.4) is 0 Å². The number of alkyl halides is 12. The number of nitrogens with zero attached hydrogens (tertiary/aromatic N) is 12. The number of halogens is 19. The summed E-state index contributed by atoms with van der Waals surface area (Å²) in [5, 5.41) is 28.2. The van der Waals surface area contributed by atoms with E-state index in [1.165, 1.54) is 30.9 Å². The Balaban J connectivity index is 0.000000142. The number of likely N-dealkylation sites (tertiary alicyclic amines) is 4. The fourth-order valence-electron chi connectivity index (χ4n) is 17.9. The topological polar surface area (TPSA) is 243 Å². The molecule has 0 saturated carbocycles. The monoisotopic (exact) mass is 1760 g/mol. The molecule has 124 heavy (non-hydrogen) atoms. The van der Waals surface area contributed by atoms with Gasteiger partial charge in [0.15, 0.2) is 57.7 Å². The van der Waals surface area contributed by atoms with Gasteiger partial charge in [-0.25, -0.2) is 30.7 Å². The van der Waals surface area contributed by atoms with Crippen LogP contribution in [0.2, 0.25) is 0 Å². The van der Waals surface area contributed by atoms with E-state index in [0.29, 0.717) is 107 Å². The third-order valence-electron chi connectivity index (χ3n) is 24.6. The Labute approximate surface area is 697 Å². The molecule has 12 heterocycles. The van der Waals surface area contributed by atoms with Crippen LogP contribution < -0.4 is 0 Å². The molecule has 41 heteroatoms. The lowest BCUT2D eigenvalue weighted by Gasteiger charge is -2.33. The molecule has 4 saturated heterocycles. The van der Waals surface area contributed by atoms with E-state index < -0.39 is 111 Å². The number of hydrogen-bond donors (Lipinski definition) is 4. The first-order valence-electron chi connectivity index (χ1n) is 40.5. The third kappa shape index (κ3) is 19.3. The zero-order chi connectivity index (χ0) is 89.5. The number of likely N-dealkylation sites (N-methyl/N-ethyl adjacent to an activating group) is 2. The van der Waals surface area contributed by atoms with Gasteiger partial charge in [-0.15, -0.1) is 0 Å². The molecule has 668 valence electrons. The van der Waals surface area contributed by atoms with E-state index in [9.17, 15) is 112 Å². The smallest absolute Gasteiger partial charge is 0.338 e. The van der Waals surface area contributed by atoms with E-state index in [-0.39, 0.29) is 160 Å². The van der Waals surface area contributed by atoms with Crippen molar-refractivity contribution in [1.29, 1.82) is 0 Å². The molecule has 8 aromatic rings. The average molecular weight is 1770 g/mol. The quantitative estimate of drug-likeness (QED) is 0.0986. The van der Waals surface area contributed by atoms with Gasteiger partial charge in [-0.3, -0.25) is 54.1 Å². The van der Waals surface area contributed by atoms with Gasteiger partial charge in [-0.1, -0.05) is 37.3 Å². The van der Waals surface area contributed by atoms with E-state index in [1.54, 1.807) is 24.5 Å². The van der Waals surface area contributed by atoms with Crippen molar-refractivity contribution >= 4 is 35.4 Å². The maximum atomic E-state index is 13.9. The van der Waals surface area contributed by atoms with Crippen LogP contribution in [0.5, 0.6) is 0 Å². The summed E-state index contributed by atoms with van der Waals surface area (Å²) in [5.41, 5.74) is 1.07. The molecule has 4 N–H and O–H groups in total. The van der Waals surface area contributed by atoms with Crippen LogP contribution in [0.4, 0.5) is 83.4 Å². The van der Waals surface area contributed by atoms with Crippen LogP contribution >= 0.6 is 0 Å². The van der Waals surface area contributed by atoms with E-state index in [4.69, 9.17) is 0 Å². The first-order valence-corrected chi connectivity index (χ1v) is 40.5. The fourth-order valence-corrected chi connectivity index (χ4v) is 17.9. The molecule has 0 aliphatic carbocycles. The van der Waals surface area contributed by atoms with Crippen molar-refractivity contribution in [2.24, 2.45) is 0 Å². The van der Waals surface area contributed by atoms with Gasteiger partial charge in [0, 0.05) is 146 Å². The van der Waals surface area contributed by atoms with Crippen LogP contribution in [0.25, 0.3) is 0 Å². The molecule has 0 bridgehead atoms. The summed E-state index contributed by atoms with van der Waals surface area (Å²) in [6.45, 7) is 12.3. The Kier molecular flexibility index (Phi) is 26.9. The highest BCUT2D eigenvalue weighted by Crippen LogP contribution is 2.47. The number of hydrogen-bond acceptors (Lipinski definition) is 12. The maximum absolute atomic E-state index is 13.9. The number of aromatic amines is 4. The summed E-state index contributed by atoms with van der Waals surface area (Å²) in [6.07, 6.45) is -15.4. The molecule has 0 radical (unpaired) electrons. The largest absolute Gasteiger partial charge is 0.419 e. The van der Waals surface area contributed by atoms with Gasteiger partial charge in [-0.05, 0) is 154 Å². The number of benzene rings is 4. The summed E-state index contributed by atoms with van der Waals surface area (Å²) in [5.74, 6) is -15.1. The van der Waals surface area contributed by atoms with Crippen molar-refractivity contribution in [3.05, 3.63) is 208 Å². The van der Waals surface area contributed by atoms with Gasteiger partial charge in [0.25, 0.3) is 23.6 Å². The van der Waals surface area contributed by atoms with Gasteiger partial charge in [0.1, 0.15) is 5.82 Å². The summed E-state index contributed by atoms with van der Waals surface area (Å²) < 4.78 is 256. The molecule has 4 aromatic carbocycles. The summed E-state index contributed by atoms with van der Waals surface area (Å²) in [7, 11) is 1.98. The van der Waals surface area contributed by atoms with Crippen molar-refractivity contribution in [3.63, 3.8) is 0 Å². The fraction of sp³-hybridized carbons (Fsp3) is 0.494. The van der Waals surface area contributed by atoms with Gasteiger partial charge < -0.3 is 34.3 Å². The highest BCUT2D eigenvalue weighted by atomic mass is 19.4. The summed E-state index contributed by atoms with van der Waals surface area (Å²) >= 11 is 0. The Morgan fingerprint density at radius 2 is 0.645 bits per heavy atom. The first-order chi connectivity index (χ1) is 58.6. The number of carbonyl (C=O) groups is 6. The molecular formula is C83H87F19N16O6. The molecule has 0 atom stereocenters. The molecule has 16 rings (SSSR count). The summed E-state index contributed by atoms with van der Waals surface area (Å²) in [6, 6.07) is 8.57. The zero-order valence-corrected chi connectivity index (χ0v) is 67.5. The Hall–Kier alpha value is -10.9. The van der Waals surface area contributed by atoms with Crippen molar-refractivity contribution < 1.29 is 112 Å². The van der Waals surface area contributed by atoms with Crippen molar-refractivity contribution in [1.82, 2.24) is 80.0 Å². The second-order valence-electron chi connectivity index (χ2n) is 32.0. The Morgan fingerprint density at radius 1 is 0.339 bits per heavy atom. The lowest BCUT2D eigenvalue weighted by atomic mass is 9.85. The molecule has 4 fully saturated rings. The van der Waals surface area contributed by atoms with Crippen LogP contribution in [-0.4, -0.2) is 208 Å². The van der Waals surface area contributed by atoms with Crippen molar-refractivity contribution in [2.45, 2.75) is 172 Å². The number of amides is 6. The lowest BCUT2D eigenvalue weighted by Crippen LogP contribution is -2.40. The van der Waals surface area contributed by atoms with E-state index >= 15 is 0 Å². The Morgan fingerprint density at radius 3 is 1.00 bits per heavy atom. The second kappa shape index (κ2) is 36.7. The molecule has 4 aromatic heterocycles. The standard InChI is InChI=1S/C21H21F5N4O2.C21H23F5N4O.C21H22F4N4O2.C20H21F5N4O/c1-11(31)30-9-6-14-16(10-30)27-28-19(14)20(32)29-7-4-12(5-8-29)13-2-3-15(22)18(23)17(13)21(24,25)26;1-2-29-8-7-14-16(11-29)27-28-19(14)20(31)30-9-5-12(6-10-30)13-3-4-15(22)18(23)17(13)21(24,25)26;1-12(30)29-10-7-17-15(11-29)19(27-26-17)20(31)28-8-5-13(6-9-28)14-3-2-4-16(22)18(14)21(23,24)25;1-28-7-6-13-15(10-28)26-27-18(13)19(30)29-8-4-11(5-9-29)12-2-3-14(21)17(22)16(12)20(23,24)25/h2-3,12H,4-10H2,1H3,(H,27,28);3-4,12H,2,5-11H2,1H3,(H,27,28);2-4,13H,5-11H2,1H3,(H,26,27);2-3,11H,4-10H2,1H3,(H,26,27). The maximum Gasteiger partial charge on any atom is 0.419 e. The molecule has 8 aliphatic rings. The third-order valence-corrected chi connectivity index (χ3v) is 24.6. The van der Waals surface area contributed by atoms with Crippen LogP contribution in [-0.2, 0) is 86.2 Å². The van der Waals surface area contributed by atoms with Crippen LogP contribution in [0, 0.1) is 40.7 Å². The minimum absolute atomic E-state index is 0.0613. The highest BCUT2D eigenvalue weighted by Gasteiger charge is 2.47. The predicted octanol–water partition coefficient (Wildman–Crippen LogP) is 14.9. The molecule has 22 nitrogen and oxygen atoms in total. The molecule has 0 unspecified atom stereocenters. The van der Waals surface area contributed by atoms with Crippen molar-refractivity contribution in [2.75, 3.05) is 92.1 Å². The van der Waals surface area contributed by atoms with Crippen LogP contribution in [0.1, 0.15) is 227 Å². The highest BCUT2D eigenvalue weighted by molar-refractivity contribution is 5.96. The van der Waals surface area contributed by atoms with Gasteiger partial charge in [0.2, 0.25) is 11.8 Å². The lowest BCUT2D eigenvalue weighted by molar-refractivity contribution is -0.142. The summed E-state index contributed by atoms with van der Waals surface area (Å²) in [4.78, 5) is 89.1. The molecule has 8 aliphatic heterocycles. The van der Waals surface area contributed by atoms with E-state index in [0.717, 1.165) is 89.8 Å². The molecule has 0 spiro atoms. The number of H-pyrrole nitrogens is 4. The average Bonchev–Trinajstić information content (AvgIpc) is 0.894. The van der Waals surface area contributed by atoms with Gasteiger partial charge >= 0.3 is 24.7 Å². The van der Waals surface area contributed by atoms with Gasteiger partial charge in [0.05, 0.1) is 45.9 Å². The molecular weight excluding hydrogens is 1680 g/mol. The van der Waals surface area contributed by atoms with E-state index in [1.807, 2.05) is 7.05 Å². The first kappa shape index (κ1) is 90.8. The van der Waals surface area contributed by atoms with E-state index in [2.05, 4.69) is 57.5 Å². The SMILES string of the molecule is CC(=O)N1CCc2[nH]nc(C(=O)N3CCC(c4cccc(F)c4C(F)(F)F)CC3)c2C1.CC(=O)N1CCc2c(C(=O)N3CCC(c4ccc(F)c(F)c4C(F)(F)F)CC3)n[nH]c2C1.CCN1CCc2c(C(=O)N3CCC(c4ccc(F)c(F)c4C(F)(F)F)CC3)n[nH]c2C1.CN1CCc2c(C(=O)N3CCC(c4ccc(F)c(F)c4C(F)(F)F)CC3)n[nH]c2C1. The number of nitrogens with one attached hydrogen (secondary N) is 4. The number of rotatable bonds is 9. The minimum atomic E-state index is -5.02. The zero-order valence-electron chi connectivity index (χ0n) is 67.5. The second-order valence-corrected chi connectivity index (χ2v) is 32.0. The minimum Gasteiger partial charge on any atom is -0.338 e. The number of fused-ring (bicyclic) bond motifs is 4. The van der Waals surface area contributed by atoms with Gasteiger partial charge in [-0.2, -0.15) is 73.1 Å². The number of aromatic nitrogens is 8. The number of carbonyl (C=O) groups excluding carboxylic acids is 6. The number of piperidine rings is 4. The Bertz CT molecular complexity index is 5290.